The summed E-state index contributed by atoms with van der Waals surface area (Å²) in [5.41, 5.74) is 2.16. The number of carbonyl (C=O) groups is 1. The highest BCUT2D eigenvalue weighted by atomic mass is 35.5. The first-order valence-corrected chi connectivity index (χ1v) is 5.46. The normalized spacial score (nSPS) is 10.7. The number of likely N-dealkylation sites (N-methyl/N-ethyl adjacent to an activating group) is 1. The molecule has 0 unspecified atom stereocenters. The van der Waals surface area contributed by atoms with Crippen molar-refractivity contribution < 1.29 is 9.21 Å². The summed E-state index contributed by atoms with van der Waals surface area (Å²) in [4.78, 5) is 25.7. The number of benzene rings is 1. The minimum Gasteiger partial charge on any atom is -0.408 e. The number of rotatable bonds is 3. The molecule has 0 radical (unpaired) electrons. The molecule has 90 valence electrons. The predicted molar refractivity (Wildman–Crippen MR) is 64.4 cm³/mol. The molecule has 6 heteroatoms. The average Bonchev–Trinajstić information content (AvgIpc) is 2.64. The standard InChI is InChI=1S/C11H11ClN2O3/c1-14(10(12)15)5-4-7-2-3-8-9(6-7)17-11(16)13-8/h2-3,6H,4-5H2,1H3,(H,13,16). The topological polar surface area (TPSA) is 66.3 Å². The van der Waals surface area contributed by atoms with Crippen molar-refractivity contribution in [3.63, 3.8) is 0 Å². The molecule has 0 aliphatic carbocycles. The zero-order valence-corrected chi connectivity index (χ0v) is 9.95. The van der Waals surface area contributed by atoms with Gasteiger partial charge in [0.1, 0.15) is 0 Å². The lowest BCUT2D eigenvalue weighted by Crippen LogP contribution is -2.23. The van der Waals surface area contributed by atoms with E-state index in [4.69, 9.17) is 16.0 Å². The monoisotopic (exact) mass is 254 g/mol. The fourth-order valence-electron chi connectivity index (χ4n) is 1.53. The third-order valence-electron chi connectivity index (χ3n) is 2.52. The Bertz CT molecular complexity index is 602. The number of aromatic nitrogens is 1. The van der Waals surface area contributed by atoms with E-state index in [1.54, 1.807) is 19.2 Å². The summed E-state index contributed by atoms with van der Waals surface area (Å²) in [7, 11) is 1.63. The van der Waals surface area contributed by atoms with Crippen molar-refractivity contribution in [2.24, 2.45) is 0 Å². The summed E-state index contributed by atoms with van der Waals surface area (Å²) in [5.74, 6) is -0.467. The molecule has 0 bridgehead atoms. The molecule has 1 N–H and O–H groups in total. The summed E-state index contributed by atoms with van der Waals surface area (Å²) in [6.07, 6.45) is 0.653. The average molecular weight is 255 g/mol. The molecule has 2 rings (SSSR count). The van der Waals surface area contributed by atoms with Crippen LogP contribution in [0, 0.1) is 0 Å². The molecular formula is C11H11ClN2O3. The van der Waals surface area contributed by atoms with Gasteiger partial charge in [0.25, 0.3) is 0 Å². The summed E-state index contributed by atoms with van der Waals surface area (Å²) < 4.78 is 4.95. The third-order valence-corrected chi connectivity index (χ3v) is 2.81. The minimum atomic E-state index is -0.487. The number of fused-ring (bicyclic) bond motifs is 1. The molecule has 0 aliphatic heterocycles. The maximum absolute atomic E-state index is 11.0. The lowest BCUT2D eigenvalue weighted by molar-refractivity contribution is 0.232. The highest BCUT2D eigenvalue weighted by Gasteiger charge is 2.06. The van der Waals surface area contributed by atoms with Gasteiger partial charge in [-0.25, -0.2) is 4.79 Å². The van der Waals surface area contributed by atoms with E-state index < -0.39 is 11.1 Å². The molecule has 0 aliphatic rings. The van der Waals surface area contributed by atoms with Crippen LogP contribution >= 0.6 is 11.6 Å². The molecule has 0 spiro atoms. The van der Waals surface area contributed by atoms with E-state index in [1.165, 1.54) is 4.90 Å². The second-order valence-corrected chi connectivity index (χ2v) is 4.09. The number of nitrogens with one attached hydrogen (secondary N) is 1. The van der Waals surface area contributed by atoms with Crippen molar-refractivity contribution in [2.45, 2.75) is 6.42 Å². The van der Waals surface area contributed by atoms with Crippen molar-refractivity contribution in [2.75, 3.05) is 13.6 Å². The summed E-state index contributed by atoms with van der Waals surface area (Å²) in [6.45, 7) is 0.516. The molecule has 0 saturated heterocycles. The number of hydrogen-bond donors (Lipinski definition) is 1. The van der Waals surface area contributed by atoms with Gasteiger partial charge in [0.15, 0.2) is 5.58 Å². The Morgan fingerprint density at radius 2 is 2.29 bits per heavy atom. The number of carbonyl (C=O) groups excluding carboxylic acids is 1. The highest BCUT2D eigenvalue weighted by molar-refractivity contribution is 6.62. The van der Waals surface area contributed by atoms with Crippen molar-refractivity contribution in [3.05, 3.63) is 34.3 Å². The molecule has 1 aromatic heterocycles. The first-order chi connectivity index (χ1) is 8.06. The van der Waals surface area contributed by atoms with Gasteiger partial charge in [-0.3, -0.25) is 9.78 Å². The number of hydrogen-bond acceptors (Lipinski definition) is 3. The zero-order valence-electron chi connectivity index (χ0n) is 9.20. The summed E-state index contributed by atoms with van der Waals surface area (Å²) >= 11 is 5.32. The Kier molecular flexibility index (Phi) is 3.19. The van der Waals surface area contributed by atoms with Gasteiger partial charge in [0, 0.05) is 13.6 Å². The van der Waals surface area contributed by atoms with Crippen LogP contribution in [0.3, 0.4) is 0 Å². The maximum Gasteiger partial charge on any atom is 0.417 e. The molecule has 2 aromatic rings. The van der Waals surface area contributed by atoms with E-state index in [0.717, 1.165) is 5.56 Å². The van der Waals surface area contributed by atoms with Gasteiger partial charge in [0.05, 0.1) is 5.52 Å². The lowest BCUT2D eigenvalue weighted by atomic mass is 10.1. The van der Waals surface area contributed by atoms with Gasteiger partial charge in [-0.1, -0.05) is 6.07 Å². The van der Waals surface area contributed by atoms with Crippen LogP contribution < -0.4 is 5.76 Å². The van der Waals surface area contributed by atoms with Crippen LogP contribution in [0.15, 0.2) is 27.4 Å². The zero-order chi connectivity index (χ0) is 12.4. The second kappa shape index (κ2) is 4.63. The predicted octanol–water partition coefficient (Wildman–Crippen LogP) is 1.95. The van der Waals surface area contributed by atoms with E-state index in [9.17, 15) is 9.59 Å². The van der Waals surface area contributed by atoms with Crippen LogP contribution in [0.2, 0.25) is 0 Å². The van der Waals surface area contributed by atoms with Crippen molar-refractivity contribution >= 4 is 28.1 Å². The van der Waals surface area contributed by atoms with Crippen molar-refractivity contribution in [3.8, 4) is 0 Å². The van der Waals surface area contributed by atoms with Crippen molar-refractivity contribution in [1.29, 1.82) is 0 Å². The molecule has 0 saturated carbocycles. The number of nitrogens with zero attached hydrogens (tertiary/aromatic N) is 1. The fourth-order valence-corrected chi connectivity index (χ4v) is 1.61. The summed E-state index contributed by atoms with van der Waals surface area (Å²) in [6, 6.07) is 5.43. The first kappa shape index (κ1) is 11.7. The Morgan fingerprint density at radius 1 is 1.53 bits per heavy atom. The minimum absolute atomic E-state index is 0.467. The molecule has 1 aromatic carbocycles. The third kappa shape index (κ3) is 2.68. The van der Waals surface area contributed by atoms with Crippen LogP contribution in [0.5, 0.6) is 0 Å². The smallest absolute Gasteiger partial charge is 0.408 e. The van der Waals surface area contributed by atoms with Crippen LogP contribution in [0.1, 0.15) is 5.56 Å². The van der Waals surface area contributed by atoms with Crippen LogP contribution in [-0.4, -0.2) is 28.8 Å². The quantitative estimate of drug-likeness (QED) is 0.673. The Balaban J connectivity index is 2.14. The molecule has 0 fully saturated rings. The van der Waals surface area contributed by atoms with E-state index in [2.05, 4.69) is 4.98 Å². The number of aromatic amines is 1. The van der Waals surface area contributed by atoms with Gasteiger partial charge in [-0.15, -0.1) is 0 Å². The van der Waals surface area contributed by atoms with Gasteiger partial charge < -0.3 is 9.32 Å². The Labute approximate surface area is 102 Å². The largest absolute Gasteiger partial charge is 0.417 e. The SMILES string of the molecule is CN(CCc1ccc2[nH]c(=O)oc2c1)C(=O)Cl. The van der Waals surface area contributed by atoms with E-state index in [-0.39, 0.29) is 0 Å². The molecule has 1 heterocycles. The van der Waals surface area contributed by atoms with Gasteiger partial charge in [0.2, 0.25) is 0 Å². The second-order valence-electron chi connectivity index (χ2n) is 3.77. The van der Waals surface area contributed by atoms with E-state index in [1.807, 2.05) is 6.07 Å². The van der Waals surface area contributed by atoms with Gasteiger partial charge in [-0.05, 0) is 35.7 Å². The van der Waals surface area contributed by atoms with Crippen molar-refractivity contribution in [1.82, 2.24) is 9.88 Å². The van der Waals surface area contributed by atoms with Crippen LogP contribution in [-0.2, 0) is 6.42 Å². The maximum atomic E-state index is 11.0. The van der Waals surface area contributed by atoms with Gasteiger partial charge in [-0.2, -0.15) is 0 Å². The highest BCUT2D eigenvalue weighted by Crippen LogP contribution is 2.13. The molecule has 5 nitrogen and oxygen atoms in total. The molecule has 17 heavy (non-hydrogen) atoms. The number of oxazole rings is 1. The first-order valence-electron chi connectivity index (χ1n) is 5.08. The van der Waals surface area contributed by atoms with E-state index >= 15 is 0 Å². The molecule has 1 amide bonds. The lowest BCUT2D eigenvalue weighted by Gasteiger charge is -2.12. The van der Waals surface area contributed by atoms with Gasteiger partial charge >= 0.3 is 11.1 Å². The Hall–Kier alpha value is -1.75. The number of amides is 1. The van der Waals surface area contributed by atoms with E-state index in [0.29, 0.717) is 24.1 Å². The summed E-state index contributed by atoms with van der Waals surface area (Å²) in [5, 5.41) is -0.487. The fraction of sp³-hybridized carbons (Fsp3) is 0.273. The molecule has 0 atom stereocenters. The Morgan fingerprint density at radius 3 is 3.00 bits per heavy atom. The van der Waals surface area contributed by atoms with Crippen LogP contribution in [0.4, 0.5) is 4.79 Å². The molecular weight excluding hydrogens is 244 g/mol. The van der Waals surface area contributed by atoms with Crippen LogP contribution in [0.25, 0.3) is 11.1 Å². The number of H-pyrrole nitrogens is 1. The number of halogens is 1.